The van der Waals surface area contributed by atoms with Crippen LogP contribution in [0.3, 0.4) is 0 Å². The van der Waals surface area contributed by atoms with Crippen molar-refractivity contribution in [2.45, 2.75) is 0 Å². The van der Waals surface area contributed by atoms with Gasteiger partial charge in [0.25, 0.3) is 0 Å². The molecule has 1 heterocycles. The molecule has 0 atom stereocenters. The molecule has 1 aromatic heterocycles. The van der Waals surface area contributed by atoms with Crippen molar-refractivity contribution in [2.24, 2.45) is 0 Å². The molecule has 0 radical (unpaired) electrons. The third-order valence-corrected chi connectivity index (χ3v) is 10.5. The Hall–Kier alpha value is -7.16. The summed E-state index contributed by atoms with van der Waals surface area (Å²) >= 11 is 0. The van der Waals surface area contributed by atoms with Crippen LogP contribution in [0.15, 0.2) is 206 Å². The molecule has 2 nitrogen and oxygen atoms in total. The fourth-order valence-corrected chi connectivity index (χ4v) is 7.80. The number of fused-ring (bicyclic) bond motifs is 4. The summed E-state index contributed by atoms with van der Waals surface area (Å²) in [5.74, 6) is 0.706. The topological polar surface area (TPSA) is 25.8 Å². The Balaban J connectivity index is 1.25. The molecule has 54 heavy (non-hydrogen) atoms. The zero-order valence-corrected chi connectivity index (χ0v) is 29.5. The molecule has 9 aromatic carbocycles. The summed E-state index contributed by atoms with van der Waals surface area (Å²) in [5, 5.41) is 7.06. The summed E-state index contributed by atoms with van der Waals surface area (Å²) in [6, 6.07) is 73.4. The van der Waals surface area contributed by atoms with Crippen molar-refractivity contribution in [1.29, 1.82) is 0 Å². The highest BCUT2D eigenvalue weighted by molar-refractivity contribution is 6.19. The van der Waals surface area contributed by atoms with Gasteiger partial charge in [-0.25, -0.2) is 9.97 Å². The molecule has 0 aliphatic carbocycles. The molecule has 0 aliphatic heterocycles. The normalized spacial score (nSPS) is 11.3. The predicted molar refractivity (Wildman–Crippen MR) is 227 cm³/mol. The van der Waals surface area contributed by atoms with E-state index in [-0.39, 0.29) is 0 Å². The minimum absolute atomic E-state index is 0.706. The monoisotopic (exact) mass is 686 g/mol. The molecular formula is C52H34N2. The molecule has 0 amide bonds. The zero-order valence-electron chi connectivity index (χ0n) is 29.5. The highest BCUT2D eigenvalue weighted by atomic mass is 14.9. The standard InChI is InChI=1S/C52H34N2/c1-4-14-35(15-5-1)37-24-26-40(27-25-37)49-34-50(45-30-29-41(36-16-6-2-7-17-36)32-47(45)38-18-8-3-9-19-38)54-52(53-49)51-44-23-13-11-21-42(44)33-48-43-22-12-10-20-39(43)28-31-46(48)51/h1-34H. The van der Waals surface area contributed by atoms with E-state index in [1.165, 1.54) is 32.8 Å². The first kappa shape index (κ1) is 31.6. The summed E-state index contributed by atoms with van der Waals surface area (Å²) in [5.41, 5.74) is 11.9. The summed E-state index contributed by atoms with van der Waals surface area (Å²) < 4.78 is 0. The molecular weight excluding hydrogens is 653 g/mol. The van der Waals surface area contributed by atoms with Gasteiger partial charge >= 0.3 is 0 Å². The number of aromatic nitrogens is 2. The van der Waals surface area contributed by atoms with Crippen molar-refractivity contribution in [1.82, 2.24) is 9.97 Å². The second kappa shape index (κ2) is 13.4. The molecule has 0 spiro atoms. The van der Waals surface area contributed by atoms with Crippen LogP contribution in [0.1, 0.15) is 0 Å². The summed E-state index contributed by atoms with van der Waals surface area (Å²) in [7, 11) is 0. The Morgan fingerprint density at radius 2 is 0.796 bits per heavy atom. The highest BCUT2D eigenvalue weighted by Crippen LogP contribution is 2.41. The maximum absolute atomic E-state index is 5.52. The molecule has 0 saturated heterocycles. The lowest BCUT2D eigenvalue weighted by Gasteiger charge is -2.17. The molecule has 252 valence electrons. The van der Waals surface area contributed by atoms with Gasteiger partial charge in [0.15, 0.2) is 5.82 Å². The summed E-state index contributed by atoms with van der Waals surface area (Å²) in [4.78, 5) is 11.0. The number of nitrogens with zero attached hydrogens (tertiary/aromatic N) is 2. The lowest BCUT2D eigenvalue weighted by atomic mass is 9.91. The van der Waals surface area contributed by atoms with Crippen molar-refractivity contribution in [3.63, 3.8) is 0 Å². The van der Waals surface area contributed by atoms with Gasteiger partial charge in [0.05, 0.1) is 11.4 Å². The van der Waals surface area contributed by atoms with E-state index in [4.69, 9.17) is 9.97 Å². The van der Waals surface area contributed by atoms with Gasteiger partial charge in [-0.2, -0.15) is 0 Å². The van der Waals surface area contributed by atoms with Crippen LogP contribution in [-0.2, 0) is 0 Å². The Kier molecular flexibility index (Phi) is 7.85. The summed E-state index contributed by atoms with van der Waals surface area (Å²) in [6.45, 7) is 0. The Labute approximate surface area is 314 Å². The smallest absolute Gasteiger partial charge is 0.161 e. The molecule has 0 saturated carbocycles. The van der Waals surface area contributed by atoms with Crippen LogP contribution in [-0.4, -0.2) is 9.97 Å². The summed E-state index contributed by atoms with van der Waals surface area (Å²) in [6.07, 6.45) is 0. The van der Waals surface area contributed by atoms with Crippen LogP contribution < -0.4 is 0 Å². The van der Waals surface area contributed by atoms with Crippen LogP contribution in [0.25, 0.3) is 99.6 Å². The molecule has 0 aliphatic rings. The number of hydrogen-bond donors (Lipinski definition) is 0. The van der Waals surface area contributed by atoms with Gasteiger partial charge in [0, 0.05) is 16.7 Å². The Morgan fingerprint density at radius 3 is 1.52 bits per heavy atom. The minimum Gasteiger partial charge on any atom is -0.228 e. The third-order valence-electron chi connectivity index (χ3n) is 10.5. The molecule has 0 bridgehead atoms. The van der Waals surface area contributed by atoms with Crippen LogP contribution in [0.5, 0.6) is 0 Å². The van der Waals surface area contributed by atoms with Crippen molar-refractivity contribution < 1.29 is 0 Å². The van der Waals surface area contributed by atoms with Gasteiger partial charge in [-0.05, 0) is 83.9 Å². The molecule has 10 rings (SSSR count). The molecule has 0 N–H and O–H groups in total. The fourth-order valence-electron chi connectivity index (χ4n) is 7.80. The van der Waals surface area contributed by atoms with E-state index in [2.05, 4.69) is 206 Å². The van der Waals surface area contributed by atoms with Gasteiger partial charge in [-0.3, -0.25) is 0 Å². The SMILES string of the molecule is c1ccc(-c2ccc(-c3cc(-c4ccc(-c5ccccc5)cc4-c4ccccc4)nc(-c4c5ccccc5cc5c4ccc4ccccc45)n3)cc2)cc1. The van der Waals surface area contributed by atoms with Crippen molar-refractivity contribution in [2.75, 3.05) is 0 Å². The third kappa shape index (κ3) is 5.71. The van der Waals surface area contributed by atoms with Crippen LogP contribution >= 0.6 is 0 Å². The fraction of sp³-hybridized carbons (Fsp3) is 0. The Bertz CT molecular complexity index is 2950. The van der Waals surface area contributed by atoms with E-state index in [9.17, 15) is 0 Å². The first-order valence-corrected chi connectivity index (χ1v) is 18.4. The quantitative estimate of drug-likeness (QED) is 0.129. The largest absolute Gasteiger partial charge is 0.228 e. The Morgan fingerprint density at radius 1 is 0.259 bits per heavy atom. The second-order valence-electron chi connectivity index (χ2n) is 13.8. The van der Waals surface area contributed by atoms with E-state index >= 15 is 0 Å². The average molecular weight is 687 g/mol. The molecule has 0 unspecified atom stereocenters. The van der Waals surface area contributed by atoms with E-state index in [0.717, 1.165) is 60.9 Å². The first-order chi connectivity index (χ1) is 26.8. The van der Waals surface area contributed by atoms with Crippen molar-refractivity contribution in [3.8, 4) is 67.3 Å². The second-order valence-corrected chi connectivity index (χ2v) is 13.8. The van der Waals surface area contributed by atoms with E-state index in [1.54, 1.807) is 0 Å². The molecule has 2 heteroatoms. The number of benzene rings is 9. The molecule has 0 fully saturated rings. The lowest BCUT2D eigenvalue weighted by molar-refractivity contribution is 1.19. The van der Waals surface area contributed by atoms with Gasteiger partial charge in [-0.15, -0.1) is 0 Å². The average Bonchev–Trinajstić information content (AvgIpc) is 3.26. The van der Waals surface area contributed by atoms with Gasteiger partial charge in [0.2, 0.25) is 0 Å². The van der Waals surface area contributed by atoms with Gasteiger partial charge in [0.1, 0.15) is 0 Å². The van der Waals surface area contributed by atoms with E-state index in [0.29, 0.717) is 5.82 Å². The molecule has 10 aromatic rings. The maximum atomic E-state index is 5.52. The van der Waals surface area contributed by atoms with Crippen molar-refractivity contribution >= 4 is 32.3 Å². The van der Waals surface area contributed by atoms with Gasteiger partial charge in [-0.1, -0.05) is 188 Å². The lowest BCUT2D eigenvalue weighted by Crippen LogP contribution is -1.99. The highest BCUT2D eigenvalue weighted by Gasteiger charge is 2.19. The first-order valence-electron chi connectivity index (χ1n) is 18.4. The van der Waals surface area contributed by atoms with Gasteiger partial charge < -0.3 is 0 Å². The predicted octanol–water partition coefficient (Wildman–Crippen LogP) is 13.9. The minimum atomic E-state index is 0.706. The number of rotatable bonds is 6. The maximum Gasteiger partial charge on any atom is 0.161 e. The van der Waals surface area contributed by atoms with Crippen LogP contribution in [0, 0.1) is 0 Å². The number of hydrogen-bond acceptors (Lipinski definition) is 2. The van der Waals surface area contributed by atoms with Crippen molar-refractivity contribution in [3.05, 3.63) is 206 Å². The van der Waals surface area contributed by atoms with E-state index in [1.807, 2.05) is 0 Å². The van der Waals surface area contributed by atoms with Crippen LogP contribution in [0.4, 0.5) is 0 Å². The van der Waals surface area contributed by atoms with Crippen LogP contribution in [0.2, 0.25) is 0 Å². The zero-order chi connectivity index (χ0) is 35.8. The van der Waals surface area contributed by atoms with E-state index < -0.39 is 0 Å².